The Balaban J connectivity index is 2.89. The number of hydrogen-bond acceptors (Lipinski definition) is 4. The van der Waals surface area contributed by atoms with Gasteiger partial charge in [-0.3, -0.25) is 4.79 Å². The normalized spacial score (nSPS) is 14.5. The van der Waals surface area contributed by atoms with E-state index in [1.807, 2.05) is 12.1 Å². The van der Waals surface area contributed by atoms with Crippen molar-refractivity contribution in [2.24, 2.45) is 5.73 Å². The van der Waals surface area contributed by atoms with Crippen molar-refractivity contribution in [1.29, 1.82) is 0 Å². The highest BCUT2D eigenvalue weighted by Crippen LogP contribution is 2.33. The summed E-state index contributed by atoms with van der Waals surface area (Å²) in [5.74, 6) is -0.516. The summed E-state index contributed by atoms with van der Waals surface area (Å²) in [5, 5.41) is 0. The molecule has 0 aromatic heterocycles. The number of carbonyl (C=O) groups is 1. The Morgan fingerprint density at radius 1 is 1.53 bits per heavy atom. The van der Waals surface area contributed by atoms with Gasteiger partial charge in [-0.1, -0.05) is 17.8 Å². The summed E-state index contributed by atoms with van der Waals surface area (Å²) in [5.41, 5.74) is 11.5. The first-order valence-corrected chi connectivity index (χ1v) is 5.19. The number of nitrogen functional groups attached to an aromatic ring is 1. The van der Waals surface area contributed by atoms with Crippen LogP contribution in [0.25, 0.3) is 0 Å². The van der Waals surface area contributed by atoms with Crippen LogP contribution in [-0.4, -0.2) is 18.0 Å². The average molecular weight is 226 g/mol. The predicted molar refractivity (Wildman–Crippen MR) is 61.3 cm³/mol. The quantitative estimate of drug-likeness (QED) is 0.459. The van der Waals surface area contributed by atoms with Gasteiger partial charge in [-0.25, -0.2) is 0 Å². The minimum absolute atomic E-state index is 0.516. The smallest absolute Gasteiger partial charge is 0.260 e. The zero-order valence-corrected chi connectivity index (χ0v) is 9.51. The zero-order chi connectivity index (χ0) is 11.5. The summed E-state index contributed by atoms with van der Waals surface area (Å²) in [6.45, 7) is 1.63. The number of amides is 1. The van der Waals surface area contributed by atoms with E-state index in [2.05, 4.69) is 0 Å². The molecular weight excluding hydrogens is 212 g/mol. The monoisotopic (exact) mass is 226 g/mol. The molecule has 1 atom stereocenters. The molecule has 0 heterocycles. The molecule has 0 aliphatic rings. The summed E-state index contributed by atoms with van der Waals surface area (Å²) >= 11 is 1.24. The minimum Gasteiger partial charge on any atom is -0.399 e. The Morgan fingerprint density at radius 2 is 2.20 bits per heavy atom. The fourth-order valence-corrected chi connectivity index (χ4v) is 1.97. The third kappa shape index (κ3) is 2.87. The molecule has 0 bridgehead atoms. The molecule has 82 valence electrons. The number of anilines is 1. The second-order valence-corrected chi connectivity index (χ2v) is 4.64. The number of ether oxygens (including phenoxy) is 1. The molecule has 1 aromatic rings. The highest BCUT2D eigenvalue weighted by atomic mass is 32.2. The molecule has 1 rings (SSSR count). The fraction of sp³-hybridized carbons (Fsp3) is 0.300. The summed E-state index contributed by atoms with van der Waals surface area (Å²) < 4.78 is 5.09. The van der Waals surface area contributed by atoms with Crippen molar-refractivity contribution in [3.05, 3.63) is 24.3 Å². The number of rotatable bonds is 4. The van der Waals surface area contributed by atoms with Crippen LogP contribution in [0.2, 0.25) is 0 Å². The van der Waals surface area contributed by atoms with Crippen LogP contribution in [0.3, 0.4) is 0 Å². The van der Waals surface area contributed by atoms with Gasteiger partial charge in [-0.2, -0.15) is 0 Å². The van der Waals surface area contributed by atoms with Gasteiger partial charge in [0.2, 0.25) is 0 Å². The lowest BCUT2D eigenvalue weighted by molar-refractivity contribution is -0.129. The van der Waals surface area contributed by atoms with Gasteiger partial charge in [0.05, 0.1) is 0 Å². The number of nitrogens with two attached hydrogens (primary N) is 2. The van der Waals surface area contributed by atoms with E-state index in [0.717, 1.165) is 4.90 Å². The van der Waals surface area contributed by atoms with E-state index in [4.69, 9.17) is 16.2 Å². The molecule has 1 unspecified atom stereocenters. The van der Waals surface area contributed by atoms with E-state index >= 15 is 0 Å². The van der Waals surface area contributed by atoms with Crippen molar-refractivity contribution < 1.29 is 9.53 Å². The second-order valence-electron chi connectivity index (χ2n) is 3.19. The Kier molecular flexibility index (Phi) is 3.60. The van der Waals surface area contributed by atoms with Crippen LogP contribution >= 0.6 is 11.8 Å². The number of benzene rings is 1. The number of thioether (sulfide) groups is 1. The summed E-state index contributed by atoms with van der Waals surface area (Å²) in [6, 6.07) is 7.21. The lowest BCUT2D eigenvalue weighted by atomic mass is 10.3. The van der Waals surface area contributed by atoms with Crippen LogP contribution < -0.4 is 11.5 Å². The Hall–Kier alpha value is -1.20. The van der Waals surface area contributed by atoms with Gasteiger partial charge in [0, 0.05) is 17.7 Å². The first-order chi connectivity index (χ1) is 6.98. The lowest BCUT2D eigenvalue weighted by Gasteiger charge is -2.23. The van der Waals surface area contributed by atoms with Crippen molar-refractivity contribution in [3.63, 3.8) is 0 Å². The second kappa shape index (κ2) is 4.55. The molecule has 0 saturated carbocycles. The number of primary amides is 1. The van der Waals surface area contributed by atoms with Crippen LogP contribution in [0.15, 0.2) is 29.2 Å². The molecule has 0 saturated heterocycles. The lowest BCUT2D eigenvalue weighted by Crippen LogP contribution is -2.39. The van der Waals surface area contributed by atoms with E-state index in [1.54, 1.807) is 19.1 Å². The molecule has 0 fully saturated rings. The van der Waals surface area contributed by atoms with Crippen molar-refractivity contribution in [2.75, 3.05) is 12.8 Å². The molecule has 0 spiro atoms. The largest absolute Gasteiger partial charge is 0.399 e. The maximum atomic E-state index is 11.2. The molecule has 4 nitrogen and oxygen atoms in total. The van der Waals surface area contributed by atoms with Gasteiger partial charge < -0.3 is 16.2 Å². The topological polar surface area (TPSA) is 78.3 Å². The SMILES string of the molecule is COC(C)(Sc1cccc(N)c1)C(N)=O. The predicted octanol–water partition coefficient (Wildman–Crippen LogP) is 1.21. The van der Waals surface area contributed by atoms with E-state index in [9.17, 15) is 4.79 Å². The third-order valence-corrected chi connectivity index (χ3v) is 3.25. The summed E-state index contributed by atoms with van der Waals surface area (Å²) in [6.07, 6.45) is 0. The van der Waals surface area contributed by atoms with Gasteiger partial charge in [0.25, 0.3) is 5.91 Å². The van der Waals surface area contributed by atoms with Crippen molar-refractivity contribution >= 4 is 23.4 Å². The van der Waals surface area contributed by atoms with Crippen LogP contribution in [-0.2, 0) is 9.53 Å². The standard InChI is InChI=1S/C10H14N2O2S/c1-10(14-2,9(12)13)15-8-5-3-4-7(11)6-8/h3-6H,11H2,1-2H3,(H2,12,13). The summed E-state index contributed by atoms with van der Waals surface area (Å²) in [4.78, 5) is 11.0. The fourth-order valence-electron chi connectivity index (χ4n) is 0.995. The van der Waals surface area contributed by atoms with Crippen LogP contribution in [0, 0.1) is 0 Å². The first-order valence-electron chi connectivity index (χ1n) is 4.37. The Labute approximate surface area is 93.0 Å². The number of hydrogen-bond donors (Lipinski definition) is 2. The molecule has 1 aromatic carbocycles. The minimum atomic E-state index is -1.06. The zero-order valence-electron chi connectivity index (χ0n) is 8.69. The molecule has 0 aliphatic heterocycles. The van der Waals surface area contributed by atoms with E-state index < -0.39 is 10.8 Å². The van der Waals surface area contributed by atoms with Crippen molar-refractivity contribution in [3.8, 4) is 0 Å². The Morgan fingerprint density at radius 3 is 2.67 bits per heavy atom. The maximum Gasteiger partial charge on any atom is 0.260 e. The van der Waals surface area contributed by atoms with Gasteiger partial charge >= 0.3 is 0 Å². The van der Waals surface area contributed by atoms with Gasteiger partial charge in [-0.05, 0) is 25.1 Å². The molecule has 0 radical (unpaired) electrons. The average Bonchev–Trinajstić information content (AvgIpc) is 2.17. The molecule has 0 aliphatic carbocycles. The van der Waals surface area contributed by atoms with Crippen LogP contribution in [0.5, 0.6) is 0 Å². The number of carbonyl (C=O) groups excluding carboxylic acids is 1. The molecule has 1 amide bonds. The van der Waals surface area contributed by atoms with E-state index in [-0.39, 0.29) is 0 Å². The Bertz CT molecular complexity index is 370. The van der Waals surface area contributed by atoms with E-state index in [1.165, 1.54) is 18.9 Å². The maximum absolute atomic E-state index is 11.2. The first kappa shape index (κ1) is 11.9. The number of methoxy groups -OCH3 is 1. The highest BCUT2D eigenvalue weighted by molar-refractivity contribution is 8.01. The summed E-state index contributed by atoms with van der Waals surface area (Å²) in [7, 11) is 1.45. The van der Waals surface area contributed by atoms with Gasteiger partial charge in [-0.15, -0.1) is 0 Å². The molecule has 4 N–H and O–H groups in total. The molecule has 15 heavy (non-hydrogen) atoms. The highest BCUT2D eigenvalue weighted by Gasteiger charge is 2.32. The van der Waals surface area contributed by atoms with E-state index in [0.29, 0.717) is 5.69 Å². The molecular formula is C10H14N2O2S. The molecule has 5 heteroatoms. The van der Waals surface area contributed by atoms with Gasteiger partial charge in [0.15, 0.2) is 4.93 Å². The third-order valence-electron chi connectivity index (χ3n) is 2.01. The van der Waals surface area contributed by atoms with Crippen LogP contribution in [0.4, 0.5) is 5.69 Å². The van der Waals surface area contributed by atoms with Crippen LogP contribution in [0.1, 0.15) is 6.92 Å². The van der Waals surface area contributed by atoms with Gasteiger partial charge in [0.1, 0.15) is 0 Å². The van der Waals surface area contributed by atoms with Crippen molar-refractivity contribution in [1.82, 2.24) is 0 Å². The van der Waals surface area contributed by atoms with Crippen molar-refractivity contribution in [2.45, 2.75) is 16.8 Å².